The van der Waals surface area contributed by atoms with Crippen molar-refractivity contribution in [3.05, 3.63) is 0 Å². The molecule has 0 amide bonds. The molecular formula is C17H37N3O2S. The topological polar surface area (TPSA) is 70.6 Å². The van der Waals surface area contributed by atoms with E-state index < -0.39 is 14.6 Å². The lowest BCUT2D eigenvalue weighted by Gasteiger charge is -2.20. The standard InChI is InChI=1S/C17H37N3O2S/c1-7-9-10-11-12-15(3)20-16(18-8-2)19-13-14-23(21,22)17(4,5)6/h15H,7-14H2,1-6H3,(H2,18,19,20). The fourth-order valence-electron chi connectivity index (χ4n) is 2.09. The Morgan fingerprint density at radius 3 is 2.30 bits per heavy atom. The summed E-state index contributed by atoms with van der Waals surface area (Å²) >= 11 is 0. The molecule has 0 aliphatic heterocycles. The van der Waals surface area contributed by atoms with Crippen molar-refractivity contribution < 1.29 is 8.42 Å². The first-order valence-electron chi connectivity index (χ1n) is 8.91. The van der Waals surface area contributed by atoms with Gasteiger partial charge in [0, 0.05) is 12.6 Å². The highest BCUT2D eigenvalue weighted by atomic mass is 32.2. The van der Waals surface area contributed by atoms with Crippen molar-refractivity contribution in [2.24, 2.45) is 4.99 Å². The van der Waals surface area contributed by atoms with Gasteiger partial charge in [0.2, 0.25) is 0 Å². The van der Waals surface area contributed by atoms with Crippen LogP contribution in [0.3, 0.4) is 0 Å². The molecule has 5 nitrogen and oxygen atoms in total. The Morgan fingerprint density at radius 2 is 1.78 bits per heavy atom. The summed E-state index contributed by atoms with van der Waals surface area (Å²) in [5.74, 6) is 0.789. The fraction of sp³-hybridized carbons (Fsp3) is 0.941. The van der Waals surface area contributed by atoms with Crippen LogP contribution in [0.25, 0.3) is 0 Å². The first-order valence-corrected chi connectivity index (χ1v) is 10.6. The Hall–Kier alpha value is -0.780. The van der Waals surface area contributed by atoms with E-state index in [4.69, 9.17) is 0 Å². The number of rotatable bonds is 10. The second-order valence-corrected chi connectivity index (χ2v) is 9.95. The van der Waals surface area contributed by atoms with Crippen LogP contribution < -0.4 is 10.6 Å². The van der Waals surface area contributed by atoms with Gasteiger partial charge in [0.1, 0.15) is 0 Å². The SMILES string of the molecule is CCCCCCC(C)NC(=NCCS(=O)(=O)C(C)(C)C)NCC. The van der Waals surface area contributed by atoms with Crippen LogP contribution in [0.5, 0.6) is 0 Å². The molecule has 0 aromatic rings. The predicted octanol–water partition coefficient (Wildman–Crippen LogP) is 3.11. The smallest absolute Gasteiger partial charge is 0.191 e. The number of nitrogens with zero attached hydrogens (tertiary/aromatic N) is 1. The van der Waals surface area contributed by atoms with Crippen LogP contribution in [0, 0.1) is 0 Å². The summed E-state index contributed by atoms with van der Waals surface area (Å²) in [6.07, 6.45) is 6.10. The quantitative estimate of drug-likeness (QED) is 0.362. The third-order valence-electron chi connectivity index (χ3n) is 3.78. The zero-order chi connectivity index (χ0) is 17.9. The summed E-state index contributed by atoms with van der Waals surface area (Å²) in [5, 5.41) is 6.55. The normalized spacial score (nSPS) is 14.6. The number of nitrogens with one attached hydrogen (secondary N) is 2. The van der Waals surface area contributed by atoms with E-state index in [1.165, 1.54) is 25.7 Å². The Labute approximate surface area is 143 Å². The van der Waals surface area contributed by atoms with E-state index in [0.717, 1.165) is 13.0 Å². The molecule has 0 saturated carbocycles. The third-order valence-corrected chi connectivity index (χ3v) is 6.37. The van der Waals surface area contributed by atoms with Gasteiger partial charge >= 0.3 is 0 Å². The summed E-state index contributed by atoms with van der Waals surface area (Å²) in [4.78, 5) is 4.41. The number of guanidine groups is 1. The molecule has 2 N–H and O–H groups in total. The lowest BCUT2D eigenvalue weighted by molar-refractivity contribution is 0.537. The van der Waals surface area contributed by atoms with E-state index in [1.807, 2.05) is 6.92 Å². The van der Waals surface area contributed by atoms with Gasteiger partial charge in [-0.15, -0.1) is 0 Å². The molecule has 0 rings (SSSR count). The zero-order valence-electron chi connectivity index (χ0n) is 15.9. The van der Waals surface area contributed by atoms with Gasteiger partial charge in [0.05, 0.1) is 17.0 Å². The van der Waals surface area contributed by atoms with Crippen LogP contribution >= 0.6 is 0 Å². The van der Waals surface area contributed by atoms with E-state index in [9.17, 15) is 8.42 Å². The summed E-state index contributed by atoms with van der Waals surface area (Å²) in [6, 6.07) is 0.337. The van der Waals surface area contributed by atoms with Crippen LogP contribution in [0.4, 0.5) is 0 Å². The lowest BCUT2D eigenvalue weighted by atomic mass is 10.1. The van der Waals surface area contributed by atoms with Gasteiger partial charge in [-0.25, -0.2) is 8.42 Å². The zero-order valence-corrected chi connectivity index (χ0v) is 16.7. The monoisotopic (exact) mass is 347 g/mol. The van der Waals surface area contributed by atoms with Crippen LogP contribution in [-0.2, 0) is 9.84 Å². The van der Waals surface area contributed by atoms with Gasteiger partial charge in [0.25, 0.3) is 0 Å². The molecule has 1 unspecified atom stereocenters. The minimum absolute atomic E-state index is 0.0813. The molecule has 0 aromatic carbocycles. The molecule has 0 heterocycles. The molecule has 0 saturated heterocycles. The maximum atomic E-state index is 12.1. The summed E-state index contributed by atoms with van der Waals surface area (Å²) in [7, 11) is -3.12. The third kappa shape index (κ3) is 9.84. The van der Waals surface area contributed by atoms with E-state index >= 15 is 0 Å². The summed E-state index contributed by atoms with van der Waals surface area (Å²) in [5.41, 5.74) is 0. The van der Waals surface area contributed by atoms with Gasteiger partial charge in [-0.3, -0.25) is 4.99 Å². The molecule has 138 valence electrons. The maximum Gasteiger partial charge on any atom is 0.191 e. The largest absolute Gasteiger partial charge is 0.357 e. The fourth-order valence-corrected chi connectivity index (χ4v) is 3.03. The number of hydrogen-bond acceptors (Lipinski definition) is 3. The van der Waals surface area contributed by atoms with Crippen molar-refractivity contribution in [3.63, 3.8) is 0 Å². The van der Waals surface area contributed by atoms with Crippen LogP contribution in [0.1, 0.15) is 73.6 Å². The molecule has 23 heavy (non-hydrogen) atoms. The van der Waals surface area contributed by atoms with Gasteiger partial charge in [-0.2, -0.15) is 0 Å². The lowest BCUT2D eigenvalue weighted by Crippen LogP contribution is -2.42. The number of sulfone groups is 1. The second kappa shape index (κ2) is 10.9. The van der Waals surface area contributed by atoms with E-state index in [-0.39, 0.29) is 12.3 Å². The minimum Gasteiger partial charge on any atom is -0.357 e. The molecule has 0 bridgehead atoms. The molecule has 0 radical (unpaired) electrons. The summed E-state index contributed by atoms with van der Waals surface area (Å²) < 4.78 is 23.5. The number of aliphatic imine (C=N–C) groups is 1. The summed E-state index contributed by atoms with van der Waals surface area (Å²) in [6.45, 7) is 12.6. The Kier molecular flexibility index (Phi) is 10.5. The van der Waals surface area contributed by atoms with Crippen molar-refractivity contribution >= 4 is 15.8 Å². The Bertz CT molecular complexity index is 439. The second-order valence-electron chi connectivity index (χ2n) is 7.09. The van der Waals surface area contributed by atoms with E-state index in [0.29, 0.717) is 12.0 Å². The average molecular weight is 348 g/mol. The number of unbranched alkanes of at least 4 members (excludes halogenated alkanes) is 3. The molecule has 1 atom stereocenters. The van der Waals surface area contributed by atoms with Crippen molar-refractivity contribution in [2.45, 2.75) is 84.4 Å². The van der Waals surface area contributed by atoms with Gasteiger partial charge in [-0.05, 0) is 41.0 Å². The van der Waals surface area contributed by atoms with Gasteiger partial charge in [-0.1, -0.05) is 32.6 Å². The van der Waals surface area contributed by atoms with E-state index in [1.54, 1.807) is 20.8 Å². The van der Waals surface area contributed by atoms with Crippen LogP contribution in [0.2, 0.25) is 0 Å². The predicted molar refractivity (Wildman–Crippen MR) is 101 cm³/mol. The van der Waals surface area contributed by atoms with Crippen molar-refractivity contribution in [1.82, 2.24) is 10.6 Å². The minimum atomic E-state index is -3.12. The van der Waals surface area contributed by atoms with Crippen LogP contribution in [0.15, 0.2) is 4.99 Å². The van der Waals surface area contributed by atoms with E-state index in [2.05, 4.69) is 29.5 Å². The maximum absolute atomic E-state index is 12.1. The molecule has 0 aromatic heterocycles. The highest BCUT2D eigenvalue weighted by molar-refractivity contribution is 7.92. The molecule has 0 aliphatic rings. The van der Waals surface area contributed by atoms with Crippen molar-refractivity contribution in [3.8, 4) is 0 Å². The van der Waals surface area contributed by atoms with Gasteiger partial charge < -0.3 is 10.6 Å². The first kappa shape index (κ1) is 22.2. The molecule has 0 fully saturated rings. The highest BCUT2D eigenvalue weighted by Crippen LogP contribution is 2.15. The molecular weight excluding hydrogens is 310 g/mol. The van der Waals surface area contributed by atoms with Crippen LogP contribution in [-0.4, -0.2) is 44.0 Å². The first-order chi connectivity index (χ1) is 10.6. The van der Waals surface area contributed by atoms with Gasteiger partial charge in [0.15, 0.2) is 15.8 Å². The van der Waals surface area contributed by atoms with Crippen molar-refractivity contribution in [2.75, 3.05) is 18.8 Å². The Balaban J connectivity index is 4.44. The number of hydrogen-bond donors (Lipinski definition) is 2. The van der Waals surface area contributed by atoms with Crippen molar-refractivity contribution in [1.29, 1.82) is 0 Å². The highest BCUT2D eigenvalue weighted by Gasteiger charge is 2.28. The molecule has 6 heteroatoms. The average Bonchev–Trinajstić information content (AvgIpc) is 2.42. The molecule has 0 spiro atoms. The Morgan fingerprint density at radius 1 is 1.13 bits per heavy atom. The molecule has 0 aliphatic carbocycles.